The zero-order valence-electron chi connectivity index (χ0n) is 14.1. The largest absolute Gasteiger partial charge is 0.463 e. The third kappa shape index (κ3) is 5.10. The monoisotopic (exact) mass is 321 g/mol. The quantitative estimate of drug-likeness (QED) is 0.519. The van der Waals surface area contributed by atoms with Gasteiger partial charge in [-0.1, -0.05) is 33.0 Å². The molecule has 0 aliphatic carbocycles. The van der Waals surface area contributed by atoms with Gasteiger partial charge in [-0.25, -0.2) is 4.98 Å². The molecule has 0 amide bonds. The van der Waals surface area contributed by atoms with Crippen LogP contribution in [0, 0.1) is 0 Å². The molecule has 22 heavy (non-hydrogen) atoms. The van der Waals surface area contributed by atoms with Gasteiger partial charge < -0.3 is 14.0 Å². The molecule has 5 nitrogen and oxygen atoms in total. The first-order valence-corrected chi connectivity index (χ1v) is 11.7. The van der Waals surface area contributed by atoms with Crippen LogP contribution in [-0.2, 0) is 11.5 Å². The Labute approximate surface area is 133 Å². The van der Waals surface area contributed by atoms with Crippen LogP contribution < -0.4 is 4.74 Å². The Morgan fingerprint density at radius 3 is 2.77 bits per heavy atom. The van der Waals surface area contributed by atoms with Crippen LogP contribution in [0.5, 0.6) is 6.01 Å². The minimum Gasteiger partial charge on any atom is -0.463 e. The van der Waals surface area contributed by atoms with Crippen molar-refractivity contribution in [1.29, 1.82) is 0 Å². The molecule has 2 aromatic heterocycles. The zero-order valence-corrected chi connectivity index (χ0v) is 15.1. The van der Waals surface area contributed by atoms with Crippen LogP contribution in [0.1, 0.15) is 19.8 Å². The summed E-state index contributed by atoms with van der Waals surface area (Å²) in [5.41, 5.74) is 1.88. The molecule has 122 valence electrons. The highest BCUT2D eigenvalue weighted by atomic mass is 28.3. The van der Waals surface area contributed by atoms with Gasteiger partial charge in [-0.15, -0.1) is 0 Å². The van der Waals surface area contributed by atoms with Crippen LogP contribution in [0.2, 0.25) is 25.7 Å². The summed E-state index contributed by atoms with van der Waals surface area (Å²) >= 11 is 0. The lowest BCUT2D eigenvalue weighted by Gasteiger charge is -2.15. The van der Waals surface area contributed by atoms with Gasteiger partial charge in [0.1, 0.15) is 6.73 Å². The Hall–Kier alpha value is -1.40. The van der Waals surface area contributed by atoms with E-state index in [2.05, 4.69) is 36.5 Å². The van der Waals surface area contributed by atoms with E-state index in [9.17, 15) is 0 Å². The molecular weight excluding hydrogens is 294 g/mol. The fourth-order valence-electron chi connectivity index (χ4n) is 1.99. The van der Waals surface area contributed by atoms with Gasteiger partial charge in [0.05, 0.1) is 23.8 Å². The fourth-order valence-corrected chi connectivity index (χ4v) is 2.74. The van der Waals surface area contributed by atoms with Crippen LogP contribution in [0.25, 0.3) is 11.0 Å². The van der Waals surface area contributed by atoms with Gasteiger partial charge in [0.25, 0.3) is 0 Å². The lowest BCUT2D eigenvalue weighted by Crippen LogP contribution is -2.21. The SMILES string of the molecule is CCCCOc1ncc2c(ccn2COCC[Si](C)(C)C)n1. The molecule has 0 saturated heterocycles. The van der Waals surface area contributed by atoms with Gasteiger partial charge in [-0.2, -0.15) is 4.98 Å². The molecule has 0 unspecified atom stereocenters. The van der Waals surface area contributed by atoms with Crippen LogP contribution in [0.3, 0.4) is 0 Å². The number of ether oxygens (including phenoxy) is 2. The number of fused-ring (bicyclic) bond motifs is 1. The number of hydrogen-bond donors (Lipinski definition) is 0. The lowest BCUT2D eigenvalue weighted by atomic mass is 10.4. The van der Waals surface area contributed by atoms with E-state index in [1.165, 1.54) is 6.04 Å². The van der Waals surface area contributed by atoms with Gasteiger partial charge in [-0.05, 0) is 18.5 Å². The Morgan fingerprint density at radius 1 is 1.23 bits per heavy atom. The van der Waals surface area contributed by atoms with Crippen LogP contribution in [-0.4, -0.2) is 35.8 Å². The summed E-state index contributed by atoms with van der Waals surface area (Å²) < 4.78 is 13.4. The summed E-state index contributed by atoms with van der Waals surface area (Å²) in [6.07, 6.45) is 5.93. The highest BCUT2D eigenvalue weighted by Gasteiger charge is 2.12. The number of aromatic nitrogens is 3. The van der Waals surface area contributed by atoms with Crippen molar-refractivity contribution in [2.45, 2.75) is 52.2 Å². The highest BCUT2D eigenvalue weighted by Crippen LogP contribution is 2.16. The second-order valence-electron chi connectivity index (χ2n) is 6.76. The molecule has 0 aliphatic rings. The van der Waals surface area contributed by atoms with Gasteiger partial charge >= 0.3 is 6.01 Å². The molecule has 0 saturated carbocycles. The van der Waals surface area contributed by atoms with E-state index in [0.29, 0.717) is 19.3 Å². The topological polar surface area (TPSA) is 49.2 Å². The Morgan fingerprint density at radius 2 is 2.05 bits per heavy atom. The Bertz CT molecular complexity index is 593. The molecule has 2 heterocycles. The minimum absolute atomic E-state index is 0.457. The average Bonchev–Trinajstić information content (AvgIpc) is 2.85. The smallest absolute Gasteiger partial charge is 0.317 e. The van der Waals surface area contributed by atoms with Crippen LogP contribution >= 0.6 is 0 Å². The maximum atomic E-state index is 5.78. The molecule has 0 N–H and O–H groups in total. The third-order valence-electron chi connectivity index (χ3n) is 3.45. The number of unbranched alkanes of at least 4 members (excludes halogenated alkanes) is 1. The van der Waals surface area contributed by atoms with Crippen LogP contribution in [0.4, 0.5) is 0 Å². The van der Waals surface area contributed by atoms with E-state index in [-0.39, 0.29) is 0 Å². The van der Waals surface area contributed by atoms with Crippen molar-refractivity contribution in [3.8, 4) is 6.01 Å². The molecule has 0 spiro atoms. The summed E-state index contributed by atoms with van der Waals surface area (Å²) in [6, 6.07) is 3.61. The third-order valence-corrected chi connectivity index (χ3v) is 5.16. The van der Waals surface area contributed by atoms with Gasteiger partial charge in [0.15, 0.2) is 0 Å². The first-order valence-electron chi connectivity index (χ1n) is 8.02. The highest BCUT2D eigenvalue weighted by molar-refractivity contribution is 6.76. The van der Waals surface area contributed by atoms with Crippen molar-refractivity contribution >= 4 is 19.1 Å². The standard InChI is InChI=1S/C16H27N3O2Si/c1-5-6-9-21-16-17-12-15-14(18-16)7-8-19(15)13-20-10-11-22(2,3)4/h7-8,12H,5-6,9-11,13H2,1-4H3. The molecule has 2 aromatic rings. The zero-order chi connectivity index (χ0) is 16.0. The minimum atomic E-state index is -1.03. The second kappa shape index (κ2) is 7.74. The average molecular weight is 321 g/mol. The molecule has 0 bridgehead atoms. The van der Waals surface area contributed by atoms with Crippen molar-refractivity contribution in [3.05, 3.63) is 18.5 Å². The second-order valence-corrected chi connectivity index (χ2v) is 12.4. The van der Waals surface area contributed by atoms with Crippen molar-refractivity contribution in [2.24, 2.45) is 0 Å². The normalized spacial score (nSPS) is 12.0. The maximum Gasteiger partial charge on any atom is 0.317 e. The predicted molar refractivity (Wildman–Crippen MR) is 92.0 cm³/mol. The van der Waals surface area contributed by atoms with Crippen molar-refractivity contribution in [2.75, 3.05) is 13.2 Å². The summed E-state index contributed by atoms with van der Waals surface area (Å²) in [6.45, 7) is 11.2. The molecular formula is C16H27N3O2Si. The van der Waals surface area contributed by atoms with E-state index in [0.717, 1.165) is 30.5 Å². The lowest BCUT2D eigenvalue weighted by molar-refractivity contribution is 0.0902. The van der Waals surface area contributed by atoms with E-state index in [1.54, 1.807) is 0 Å². The Balaban J connectivity index is 1.92. The first-order chi connectivity index (χ1) is 10.5. The molecule has 6 heteroatoms. The van der Waals surface area contributed by atoms with Crippen molar-refractivity contribution in [3.63, 3.8) is 0 Å². The van der Waals surface area contributed by atoms with Gasteiger partial charge in [0.2, 0.25) is 0 Å². The number of rotatable bonds is 9. The van der Waals surface area contributed by atoms with Crippen LogP contribution in [0.15, 0.2) is 18.5 Å². The summed E-state index contributed by atoms with van der Waals surface area (Å²) in [5.74, 6) is 0. The summed E-state index contributed by atoms with van der Waals surface area (Å²) in [7, 11) is -1.03. The van der Waals surface area contributed by atoms with Crippen molar-refractivity contribution in [1.82, 2.24) is 14.5 Å². The van der Waals surface area contributed by atoms with E-state index < -0.39 is 8.07 Å². The summed E-state index contributed by atoms with van der Waals surface area (Å²) in [4.78, 5) is 8.71. The number of nitrogens with zero attached hydrogens (tertiary/aromatic N) is 3. The van der Waals surface area contributed by atoms with E-state index in [4.69, 9.17) is 9.47 Å². The molecule has 0 atom stereocenters. The van der Waals surface area contributed by atoms with Gasteiger partial charge in [-0.3, -0.25) is 0 Å². The summed E-state index contributed by atoms with van der Waals surface area (Å²) in [5, 5.41) is 0. The molecule has 0 fully saturated rings. The Kier molecular flexibility index (Phi) is 5.96. The molecule has 0 radical (unpaired) electrons. The fraction of sp³-hybridized carbons (Fsp3) is 0.625. The van der Waals surface area contributed by atoms with Gasteiger partial charge in [0, 0.05) is 20.9 Å². The van der Waals surface area contributed by atoms with Crippen molar-refractivity contribution < 1.29 is 9.47 Å². The molecule has 0 aromatic carbocycles. The number of hydrogen-bond acceptors (Lipinski definition) is 4. The molecule has 2 rings (SSSR count). The predicted octanol–water partition coefficient (Wildman–Crippen LogP) is 3.92. The van der Waals surface area contributed by atoms with E-state index in [1.807, 2.05) is 23.0 Å². The first kappa shape index (κ1) is 17.0. The van der Waals surface area contributed by atoms with E-state index >= 15 is 0 Å². The molecule has 0 aliphatic heterocycles. The maximum absolute atomic E-state index is 5.78.